The molecule has 0 bridgehead atoms. The van der Waals surface area contributed by atoms with E-state index in [0.717, 1.165) is 19.0 Å². The highest BCUT2D eigenvalue weighted by Crippen LogP contribution is 2.36. The summed E-state index contributed by atoms with van der Waals surface area (Å²) in [5.41, 5.74) is 0. The molecule has 1 aliphatic rings. The average molecular weight is 362 g/mol. The molecule has 0 aliphatic carbocycles. The van der Waals surface area contributed by atoms with Crippen LogP contribution in [0, 0.1) is 0 Å². The third kappa shape index (κ3) is 4.68. The molecule has 1 atom stereocenters. The molecule has 0 spiro atoms. The van der Waals surface area contributed by atoms with Gasteiger partial charge in [0.25, 0.3) is 0 Å². The maximum absolute atomic E-state index is 4.28. The summed E-state index contributed by atoms with van der Waals surface area (Å²) in [7, 11) is 1.82. The summed E-state index contributed by atoms with van der Waals surface area (Å²) in [6.45, 7) is 4.13. The molecule has 1 aliphatic heterocycles. The Morgan fingerprint density at radius 3 is 2.89 bits per heavy atom. The topological polar surface area (TPSA) is 36.4 Å². The average Bonchev–Trinajstić information content (AvgIpc) is 2.99. The minimum atomic E-state index is 0.365. The van der Waals surface area contributed by atoms with Crippen molar-refractivity contribution in [1.29, 1.82) is 0 Å². The second-order valence-corrected chi connectivity index (χ2v) is 9.12. The molecule has 3 nitrogen and oxygen atoms in total. The first-order valence-electron chi connectivity index (χ1n) is 6.44. The normalized spacial score (nSPS) is 23.6. The van der Waals surface area contributed by atoms with E-state index in [2.05, 4.69) is 62.4 Å². The van der Waals surface area contributed by atoms with Gasteiger partial charge in [-0.05, 0) is 53.6 Å². The molecular formula is C13H20BrN3S2. The summed E-state index contributed by atoms with van der Waals surface area (Å²) in [4.78, 5) is 5.58. The highest BCUT2D eigenvalue weighted by Gasteiger charge is 2.29. The van der Waals surface area contributed by atoms with Crippen molar-refractivity contribution in [3.63, 3.8) is 0 Å². The first kappa shape index (κ1) is 15.2. The van der Waals surface area contributed by atoms with Gasteiger partial charge in [-0.2, -0.15) is 11.8 Å². The van der Waals surface area contributed by atoms with Gasteiger partial charge in [-0.15, -0.1) is 11.3 Å². The van der Waals surface area contributed by atoms with E-state index in [1.54, 1.807) is 11.3 Å². The van der Waals surface area contributed by atoms with Gasteiger partial charge in [-0.25, -0.2) is 0 Å². The van der Waals surface area contributed by atoms with Crippen LogP contribution in [0.2, 0.25) is 0 Å². The number of rotatable bonds is 4. The maximum Gasteiger partial charge on any atom is 0.191 e. The van der Waals surface area contributed by atoms with Crippen LogP contribution < -0.4 is 10.6 Å². The van der Waals surface area contributed by atoms with E-state index in [0.29, 0.717) is 4.75 Å². The SMILES string of the molecule is CN=C(NCc1ccc(Br)s1)NCC1(C)CCCS1. The minimum absolute atomic E-state index is 0.365. The fourth-order valence-electron chi connectivity index (χ4n) is 2.09. The fourth-order valence-corrected chi connectivity index (χ4v) is 4.75. The molecule has 0 saturated carbocycles. The summed E-state index contributed by atoms with van der Waals surface area (Å²) in [5, 5.41) is 6.80. The van der Waals surface area contributed by atoms with Crippen LogP contribution in [0.5, 0.6) is 0 Å². The highest BCUT2D eigenvalue weighted by molar-refractivity contribution is 9.11. The van der Waals surface area contributed by atoms with Crippen LogP contribution in [-0.2, 0) is 6.54 Å². The van der Waals surface area contributed by atoms with E-state index in [4.69, 9.17) is 0 Å². The summed E-state index contributed by atoms with van der Waals surface area (Å²) in [6.07, 6.45) is 2.62. The standard InChI is InChI=1S/C13H20BrN3S2/c1-13(6-3-7-18-13)9-17-12(15-2)16-8-10-4-5-11(14)19-10/h4-5H,3,6-9H2,1-2H3,(H2,15,16,17). The number of aliphatic imine (C=N–C) groups is 1. The fraction of sp³-hybridized carbons (Fsp3) is 0.615. The van der Waals surface area contributed by atoms with Crippen molar-refractivity contribution < 1.29 is 0 Å². The van der Waals surface area contributed by atoms with Gasteiger partial charge >= 0.3 is 0 Å². The van der Waals surface area contributed by atoms with E-state index in [-0.39, 0.29) is 0 Å². The van der Waals surface area contributed by atoms with E-state index in [9.17, 15) is 0 Å². The first-order valence-corrected chi connectivity index (χ1v) is 9.03. The van der Waals surface area contributed by atoms with Crippen molar-refractivity contribution >= 4 is 45.0 Å². The number of guanidine groups is 1. The number of thiophene rings is 1. The predicted octanol–water partition coefficient (Wildman–Crippen LogP) is 3.46. The number of halogens is 1. The third-order valence-corrected chi connectivity index (χ3v) is 6.37. The van der Waals surface area contributed by atoms with Crippen LogP contribution in [0.4, 0.5) is 0 Å². The van der Waals surface area contributed by atoms with Crippen LogP contribution in [0.15, 0.2) is 20.9 Å². The Kier molecular flexibility index (Phi) is 5.59. The number of thioether (sulfide) groups is 1. The van der Waals surface area contributed by atoms with Crippen molar-refractivity contribution in [2.75, 3.05) is 19.3 Å². The molecule has 0 aromatic carbocycles. The molecule has 106 valence electrons. The van der Waals surface area contributed by atoms with E-state index in [1.165, 1.54) is 27.3 Å². The monoisotopic (exact) mass is 361 g/mol. The lowest BCUT2D eigenvalue weighted by atomic mass is 10.1. The van der Waals surface area contributed by atoms with Crippen LogP contribution in [0.3, 0.4) is 0 Å². The largest absolute Gasteiger partial charge is 0.355 e. The Morgan fingerprint density at radius 1 is 1.47 bits per heavy atom. The quantitative estimate of drug-likeness (QED) is 0.636. The summed E-state index contributed by atoms with van der Waals surface area (Å²) in [5.74, 6) is 2.17. The molecule has 1 aromatic heterocycles. The van der Waals surface area contributed by atoms with Crippen LogP contribution in [0.25, 0.3) is 0 Å². The van der Waals surface area contributed by atoms with E-state index in [1.807, 2.05) is 7.05 Å². The van der Waals surface area contributed by atoms with Crippen molar-refractivity contribution in [3.8, 4) is 0 Å². The Morgan fingerprint density at radius 2 is 2.32 bits per heavy atom. The first-order chi connectivity index (χ1) is 9.11. The smallest absolute Gasteiger partial charge is 0.191 e. The Bertz CT molecular complexity index is 439. The summed E-state index contributed by atoms with van der Waals surface area (Å²) in [6, 6.07) is 4.21. The van der Waals surface area contributed by atoms with Crippen molar-refractivity contribution in [3.05, 3.63) is 20.8 Å². The molecule has 0 amide bonds. The molecule has 0 radical (unpaired) electrons. The molecule has 1 saturated heterocycles. The lowest BCUT2D eigenvalue weighted by Gasteiger charge is -2.24. The molecule has 1 fully saturated rings. The van der Waals surface area contributed by atoms with Gasteiger partial charge in [0.05, 0.1) is 10.3 Å². The Labute approximate surface area is 131 Å². The number of nitrogens with zero attached hydrogens (tertiary/aromatic N) is 1. The second-order valence-electron chi connectivity index (χ2n) is 4.89. The second kappa shape index (κ2) is 6.99. The number of hydrogen-bond acceptors (Lipinski definition) is 3. The van der Waals surface area contributed by atoms with E-state index >= 15 is 0 Å². The predicted molar refractivity (Wildman–Crippen MR) is 90.3 cm³/mol. The molecule has 2 N–H and O–H groups in total. The summed E-state index contributed by atoms with van der Waals surface area (Å²) < 4.78 is 1.53. The van der Waals surface area contributed by atoms with Crippen molar-refractivity contribution in [1.82, 2.24) is 10.6 Å². The van der Waals surface area contributed by atoms with Crippen molar-refractivity contribution in [2.45, 2.75) is 31.1 Å². The van der Waals surface area contributed by atoms with Crippen LogP contribution in [0.1, 0.15) is 24.6 Å². The molecule has 6 heteroatoms. The van der Waals surface area contributed by atoms with Crippen molar-refractivity contribution in [2.24, 2.45) is 4.99 Å². The van der Waals surface area contributed by atoms with Crippen LogP contribution >= 0.6 is 39.0 Å². The van der Waals surface area contributed by atoms with Gasteiger partial charge < -0.3 is 10.6 Å². The van der Waals surface area contributed by atoms with Gasteiger partial charge in [0.15, 0.2) is 5.96 Å². The van der Waals surface area contributed by atoms with Gasteiger partial charge in [0, 0.05) is 23.2 Å². The molecule has 2 heterocycles. The molecule has 2 rings (SSSR count). The number of hydrogen-bond donors (Lipinski definition) is 2. The zero-order valence-corrected chi connectivity index (χ0v) is 14.6. The van der Waals surface area contributed by atoms with E-state index < -0.39 is 0 Å². The van der Waals surface area contributed by atoms with Crippen LogP contribution in [-0.4, -0.2) is 30.1 Å². The van der Waals surface area contributed by atoms with Gasteiger partial charge in [0.2, 0.25) is 0 Å². The zero-order valence-electron chi connectivity index (χ0n) is 11.3. The third-order valence-electron chi connectivity index (χ3n) is 3.21. The molecule has 1 aromatic rings. The summed E-state index contributed by atoms with van der Waals surface area (Å²) >= 11 is 7.30. The molecule has 19 heavy (non-hydrogen) atoms. The lowest BCUT2D eigenvalue weighted by molar-refractivity contribution is 0.585. The van der Waals surface area contributed by atoms with Gasteiger partial charge in [0.1, 0.15) is 0 Å². The Balaban J connectivity index is 1.77. The Hall–Kier alpha value is -0.200. The maximum atomic E-state index is 4.28. The van der Waals surface area contributed by atoms with Gasteiger partial charge in [-0.1, -0.05) is 0 Å². The minimum Gasteiger partial charge on any atom is -0.355 e. The van der Waals surface area contributed by atoms with Gasteiger partial charge in [-0.3, -0.25) is 4.99 Å². The molecular weight excluding hydrogens is 342 g/mol. The lowest BCUT2D eigenvalue weighted by Crippen LogP contribution is -2.43. The zero-order chi connectivity index (χ0) is 13.7. The molecule has 1 unspecified atom stereocenters. The number of nitrogens with one attached hydrogen (secondary N) is 2. The highest BCUT2D eigenvalue weighted by atomic mass is 79.9.